The van der Waals surface area contributed by atoms with E-state index in [2.05, 4.69) is 9.97 Å². The molecule has 0 N–H and O–H groups in total. The van der Waals surface area contributed by atoms with Crippen LogP contribution in [-0.4, -0.2) is 36.3 Å². The summed E-state index contributed by atoms with van der Waals surface area (Å²) in [6, 6.07) is 8.43. The first kappa shape index (κ1) is 18.0. The van der Waals surface area contributed by atoms with E-state index in [-0.39, 0.29) is 12.1 Å². The molecule has 1 fully saturated rings. The highest BCUT2D eigenvalue weighted by molar-refractivity contribution is 5.92. The summed E-state index contributed by atoms with van der Waals surface area (Å²) in [5, 5.41) is 0. The number of carbonyl (C=O) groups is 1. The van der Waals surface area contributed by atoms with E-state index < -0.39 is 5.97 Å². The predicted octanol–water partition coefficient (Wildman–Crippen LogP) is 3.78. The average Bonchev–Trinajstić information content (AvgIpc) is 2.68. The van der Waals surface area contributed by atoms with Crippen LogP contribution in [0.25, 0.3) is 0 Å². The summed E-state index contributed by atoms with van der Waals surface area (Å²) in [5.41, 5.74) is 0.337. The van der Waals surface area contributed by atoms with Crippen molar-refractivity contribution >= 4 is 5.97 Å². The minimum Gasteiger partial charge on any atom is -0.481 e. The summed E-state index contributed by atoms with van der Waals surface area (Å²) in [6.07, 6.45) is 5.16. The Kier molecular flexibility index (Phi) is 5.88. The van der Waals surface area contributed by atoms with E-state index in [1.807, 2.05) is 0 Å². The lowest BCUT2D eigenvalue weighted by atomic mass is 9.98. The number of para-hydroxylation sites is 1. The number of rotatable bonds is 6. The van der Waals surface area contributed by atoms with Crippen LogP contribution in [-0.2, 0) is 4.74 Å². The molecule has 0 aliphatic heterocycles. The second kappa shape index (κ2) is 8.51. The maximum atomic E-state index is 12.6. The molecule has 1 heterocycles. The SMILES string of the molecule is COc1cc(OC)nc(Oc2ccccc2C(=O)OC2CCCCC2)n1. The highest BCUT2D eigenvalue weighted by Crippen LogP contribution is 2.28. The van der Waals surface area contributed by atoms with Gasteiger partial charge in [-0.1, -0.05) is 18.6 Å². The molecule has 7 nitrogen and oxygen atoms in total. The van der Waals surface area contributed by atoms with Crippen molar-refractivity contribution < 1.29 is 23.7 Å². The van der Waals surface area contributed by atoms with Gasteiger partial charge in [0.1, 0.15) is 17.4 Å². The van der Waals surface area contributed by atoms with Gasteiger partial charge in [0.15, 0.2) is 0 Å². The highest BCUT2D eigenvalue weighted by Gasteiger charge is 2.22. The summed E-state index contributed by atoms with van der Waals surface area (Å²) < 4.78 is 21.6. The molecule has 0 saturated heterocycles. The number of carbonyl (C=O) groups excluding carboxylic acids is 1. The Morgan fingerprint density at radius 2 is 1.65 bits per heavy atom. The van der Waals surface area contributed by atoms with Crippen molar-refractivity contribution in [2.24, 2.45) is 0 Å². The number of ether oxygens (including phenoxy) is 4. The van der Waals surface area contributed by atoms with Crippen LogP contribution in [0.1, 0.15) is 42.5 Å². The summed E-state index contributed by atoms with van der Waals surface area (Å²) in [6.45, 7) is 0. The number of hydrogen-bond donors (Lipinski definition) is 0. The second-order valence-electron chi connectivity index (χ2n) is 6.00. The second-order valence-corrected chi connectivity index (χ2v) is 6.00. The van der Waals surface area contributed by atoms with Gasteiger partial charge in [-0.2, -0.15) is 9.97 Å². The Bertz CT molecular complexity index is 737. The fourth-order valence-electron chi connectivity index (χ4n) is 2.86. The third-order valence-corrected chi connectivity index (χ3v) is 4.21. The van der Waals surface area contributed by atoms with Gasteiger partial charge in [0.05, 0.1) is 20.3 Å². The van der Waals surface area contributed by atoms with Crippen LogP contribution < -0.4 is 14.2 Å². The lowest BCUT2D eigenvalue weighted by molar-refractivity contribution is 0.0208. The van der Waals surface area contributed by atoms with Crippen LogP contribution in [0.2, 0.25) is 0 Å². The largest absolute Gasteiger partial charge is 0.481 e. The molecule has 1 saturated carbocycles. The number of benzene rings is 1. The van der Waals surface area contributed by atoms with Crippen LogP contribution in [0.15, 0.2) is 30.3 Å². The molecule has 0 amide bonds. The molecule has 26 heavy (non-hydrogen) atoms. The fourth-order valence-corrected chi connectivity index (χ4v) is 2.86. The van der Waals surface area contributed by atoms with E-state index in [1.54, 1.807) is 24.3 Å². The molecular weight excluding hydrogens is 336 g/mol. The molecule has 0 atom stereocenters. The van der Waals surface area contributed by atoms with Gasteiger partial charge in [0.25, 0.3) is 0 Å². The number of hydrogen-bond acceptors (Lipinski definition) is 7. The van der Waals surface area contributed by atoms with Gasteiger partial charge in [-0.25, -0.2) is 4.79 Å². The zero-order chi connectivity index (χ0) is 18.4. The molecule has 7 heteroatoms. The summed E-state index contributed by atoms with van der Waals surface area (Å²) in [4.78, 5) is 20.8. The number of nitrogens with zero attached hydrogens (tertiary/aromatic N) is 2. The first-order chi connectivity index (χ1) is 12.7. The molecule has 0 radical (unpaired) electrons. The van der Waals surface area contributed by atoms with Gasteiger partial charge in [-0.3, -0.25) is 0 Å². The van der Waals surface area contributed by atoms with Gasteiger partial charge in [0.2, 0.25) is 11.8 Å². The van der Waals surface area contributed by atoms with Gasteiger partial charge < -0.3 is 18.9 Å². The van der Waals surface area contributed by atoms with Crippen LogP contribution in [0.5, 0.6) is 23.5 Å². The van der Waals surface area contributed by atoms with Crippen molar-refractivity contribution in [3.63, 3.8) is 0 Å². The quantitative estimate of drug-likeness (QED) is 0.727. The molecule has 0 spiro atoms. The topological polar surface area (TPSA) is 79.8 Å². The van der Waals surface area contributed by atoms with E-state index in [9.17, 15) is 4.79 Å². The Hall–Kier alpha value is -2.83. The van der Waals surface area contributed by atoms with Crippen molar-refractivity contribution in [1.82, 2.24) is 9.97 Å². The van der Waals surface area contributed by atoms with Crippen LogP contribution >= 0.6 is 0 Å². The van der Waals surface area contributed by atoms with Gasteiger partial charge in [-0.05, 0) is 37.8 Å². The van der Waals surface area contributed by atoms with Crippen LogP contribution in [0, 0.1) is 0 Å². The van der Waals surface area contributed by atoms with Gasteiger partial charge in [-0.15, -0.1) is 0 Å². The molecule has 3 rings (SSSR count). The first-order valence-electron chi connectivity index (χ1n) is 8.64. The maximum absolute atomic E-state index is 12.6. The fraction of sp³-hybridized carbons (Fsp3) is 0.421. The van der Waals surface area contributed by atoms with Crippen molar-refractivity contribution in [2.45, 2.75) is 38.2 Å². The lowest BCUT2D eigenvalue weighted by Gasteiger charge is -2.22. The summed E-state index contributed by atoms with van der Waals surface area (Å²) in [7, 11) is 2.97. The predicted molar refractivity (Wildman–Crippen MR) is 93.9 cm³/mol. The van der Waals surface area contributed by atoms with Crippen LogP contribution in [0.3, 0.4) is 0 Å². The number of methoxy groups -OCH3 is 2. The minimum absolute atomic E-state index is 0.0270. The van der Waals surface area contributed by atoms with Crippen molar-refractivity contribution in [3.8, 4) is 23.5 Å². The molecular formula is C19H22N2O5. The monoisotopic (exact) mass is 358 g/mol. The Labute approximate surface area is 152 Å². The third-order valence-electron chi connectivity index (χ3n) is 4.21. The standard InChI is InChI=1S/C19H22N2O5/c1-23-16-12-17(24-2)21-19(20-16)26-15-11-7-6-10-14(15)18(22)25-13-8-4-3-5-9-13/h6-7,10-13H,3-5,8-9H2,1-2H3. The molecule has 2 aromatic rings. The van der Waals surface area contributed by atoms with E-state index in [0.717, 1.165) is 25.7 Å². The molecule has 1 aromatic heterocycles. The highest BCUT2D eigenvalue weighted by atomic mass is 16.5. The zero-order valence-electron chi connectivity index (χ0n) is 14.9. The van der Waals surface area contributed by atoms with Gasteiger partial charge >= 0.3 is 12.0 Å². The smallest absolute Gasteiger partial charge is 0.342 e. The average molecular weight is 358 g/mol. The van der Waals surface area contributed by atoms with Gasteiger partial charge in [0, 0.05) is 0 Å². The van der Waals surface area contributed by atoms with Crippen molar-refractivity contribution in [2.75, 3.05) is 14.2 Å². The van der Waals surface area contributed by atoms with Crippen molar-refractivity contribution in [3.05, 3.63) is 35.9 Å². The number of aromatic nitrogens is 2. The Morgan fingerprint density at radius 3 is 2.31 bits per heavy atom. The van der Waals surface area contributed by atoms with E-state index >= 15 is 0 Å². The first-order valence-corrected chi connectivity index (χ1v) is 8.64. The molecule has 1 aliphatic carbocycles. The molecule has 1 aliphatic rings. The van der Waals surface area contributed by atoms with E-state index in [0.29, 0.717) is 23.1 Å². The number of esters is 1. The Morgan fingerprint density at radius 1 is 1.00 bits per heavy atom. The van der Waals surface area contributed by atoms with E-state index in [1.165, 1.54) is 26.7 Å². The van der Waals surface area contributed by atoms with E-state index in [4.69, 9.17) is 18.9 Å². The Balaban J connectivity index is 1.79. The third kappa shape index (κ3) is 4.41. The molecule has 0 bridgehead atoms. The molecule has 1 aromatic carbocycles. The summed E-state index contributed by atoms with van der Waals surface area (Å²) in [5.74, 6) is 0.522. The molecule has 0 unspecified atom stereocenters. The van der Waals surface area contributed by atoms with Crippen LogP contribution in [0.4, 0.5) is 0 Å². The minimum atomic E-state index is -0.401. The zero-order valence-corrected chi connectivity index (χ0v) is 14.9. The maximum Gasteiger partial charge on any atom is 0.342 e. The molecule has 138 valence electrons. The van der Waals surface area contributed by atoms with Crippen molar-refractivity contribution in [1.29, 1.82) is 0 Å². The summed E-state index contributed by atoms with van der Waals surface area (Å²) >= 11 is 0. The normalized spacial score (nSPS) is 14.5. The lowest BCUT2D eigenvalue weighted by Crippen LogP contribution is -2.21.